The minimum absolute atomic E-state index is 0.127. The lowest BCUT2D eigenvalue weighted by Gasteiger charge is -2.48. The minimum Gasteiger partial charge on any atom is -0.370 e. The summed E-state index contributed by atoms with van der Waals surface area (Å²) in [6, 6.07) is 5.74. The van der Waals surface area contributed by atoms with Gasteiger partial charge >= 0.3 is 0 Å². The van der Waals surface area contributed by atoms with E-state index in [0.717, 1.165) is 31.3 Å². The summed E-state index contributed by atoms with van der Waals surface area (Å²) in [6.07, 6.45) is 7.60. The van der Waals surface area contributed by atoms with Crippen LogP contribution < -0.4 is 10.5 Å². The molecule has 2 aromatic rings. The fraction of sp³-hybridized carbons (Fsp3) is 0.444. The zero-order valence-electron chi connectivity index (χ0n) is 13.3. The third kappa shape index (κ3) is 2.15. The molecule has 1 aliphatic heterocycles. The molecule has 0 bridgehead atoms. The second kappa shape index (κ2) is 5.35. The first-order chi connectivity index (χ1) is 11.7. The van der Waals surface area contributed by atoms with Crippen LogP contribution in [-0.4, -0.2) is 23.1 Å². The summed E-state index contributed by atoms with van der Waals surface area (Å²) in [4.78, 5) is 21.1. The first-order valence-electron chi connectivity index (χ1n) is 8.27. The third-order valence-corrected chi connectivity index (χ3v) is 5.65. The third-order valence-electron chi connectivity index (χ3n) is 5.65. The Hall–Kier alpha value is -2.86. The van der Waals surface area contributed by atoms with Gasteiger partial charge < -0.3 is 9.88 Å². The molecule has 0 atom stereocenters. The van der Waals surface area contributed by atoms with Crippen molar-refractivity contribution in [2.45, 2.75) is 32.1 Å². The Labute approximate surface area is 139 Å². The Balaban J connectivity index is 1.85. The molecule has 2 aromatic heterocycles. The zero-order chi connectivity index (χ0) is 16.7. The van der Waals surface area contributed by atoms with Gasteiger partial charge in [-0.05, 0) is 37.2 Å². The fourth-order valence-electron chi connectivity index (χ4n) is 4.05. The Morgan fingerprint density at radius 2 is 1.92 bits per heavy atom. The Kier molecular flexibility index (Phi) is 3.28. The molecule has 1 saturated carbocycles. The molecule has 2 fully saturated rings. The van der Waals surface area contributed by atoms with Crippen LogP contribution >= 0.6 is 0 Å². The van der Waals surface area contributed by atoms with Gasteiger partial charge in [0, 0.05) is 18.5 Å². The average Bonchev–Trinajstić information content (AvgIpc) is 2.59. The normalized spacial score (nSPS) is 18.8. The number of rotatable bonds is 1. The molecule has 0 radical (unpaired) electrons. The topological polar surface area (TPSA) is 96.6 Å². The summed E-state index contributed by atoms with van der Waals surface area (Å²) < 4.78 is 0. The maximum Gasteiger partial charge on any atom is 0.268 e. The Morgan fingerprint density at radius 3 is 2.50 bits per heavy atom. The minimum atomic E-state index is -0.393. The highest BCUT2D eigenvalue weighted by molar-refractivity contribution is 5.94. The predicted octanol–water partition coefficient (Wildman–Crippen LogP) is 2.44. The van der Waals surface area contributed by atoms with Crippen LogP contribution in [0, 0.1) is 28.1 Å². The molecule has 6 nitrogen and oxygen atoms in total. The van der Waals surface area contributed by atoms with E-state index in [1.165, 1.54) is 25.5 Å². The number of hydrogen-bond acceptors (Lipinski definition) is 5. The van der Waals surface area contributed by atoms with Crippen LogP contribution in [0.5, 0.6) is 0 Å². The second-order valence-electron chi connectivity index (χ2n) is 6.86. The number of aromatic amines is 1. The van der Waals surface area contributed by atoms with E-state index in [9.17, 15) is 10.1 Å². The highest BCUT2D eigenvalue weighted by Crippen LogP contribution is 2.49. The van der Waals surface area contributed by atoms with Gasteiger partial charge in [0.25, 0.3) is 5.56 Å². The van der Waals surface area contributed by atoms with E-state index in [0.29, 0.717) is 16.6 Å². The highest BCUT2D eigenvalue weighted by Gasteiger charge is 2.40. The standard InChI is InChI=1S/C18H17N5O/c19-9-12-8-13-15(11-21-12)22-17(24)14(10-20)16(13)23-6-4-18(5-7-23)2-1-3-18/h8,11H,1-7H2,(H,22,24). The molecule has 0 amide bonds. The lowest BCUT2D eigenvalue weighted by atomic mass is 9.63. The van der Waals surface area contributed by atoms with Gasteiger partial charge in [-0.25, -0.2) is 4.98 Å². The van der Waals surface area contributed by atoms with Gasteiger partial charge in [0.1, 0.15) is 23.4 Å². The molecule has 0 unspecified atom stereocenters. The van der Waals surface area contributed by atoms with Crippen LogP contribution in [0.15, 0.2) is 17.1 Å². The van der Waals surface area contributed by atoms with Crippen molar-refractivity contribution in [2.24, 2.45) is 5.41 Å². The number of nitrogens with zero attached hydrogens (tertiary/aromatic N) is 4. The number of nitriles is 2. The molecule has 1 N–H and O–H groups in total. The predicted molar refractivity (Wildman–Crippen MR) is 89.5 cm³/mol. The number of piperidine rings is 1. The van der Waals surface area contributed by atoms with E-state index in [1.807, 2.05) is 6.07 Å². The summed E-state index contributed by atoms with van der Waals surface area (Å²) in [5.74, 6) is 0. The van der Waals surface area contributed by atoms with Gasteiger partial charge in [0.2, 0.25) is 0 Å². The number of anilines is 1. The average molecular weight is 319 g/mol. The molecule has 1 saturated heterocycles. The molecule has 0 aromatic carbocycles. The van der Waals surface area contributed by atoms with Gasteiger partial charge in [-0.3, -0.25) is 4.79 Å². The Morgan fingerprint density at radius 1 is 1.17 bits per heavy atom. The summed E-state index contributed by atoms with van der Waals surface area (Å²) >= 11 is 0. The molecule has 2 aliphatic rings. The molecule has 6 heteroatoms. The molecule has 4 rings (SSSR count). The lowest BCUT2D eigenvalue weighted by Crippen LogP contribution is -2.44. The van der Waals surface area contributed by atoms with Crippen LogP contribution in [0.25, 0.3) is 10.9 Å². The van der Waals surface area contributed by atoms with E-state index in [4.69, 9.17) is 5.26 Å². The van der Waals surface area contributed by atoms with Crippen molar-refractivity contribution in [2.75, 3.05) is 18.0 Å². The van der Waals surface area contributed by atoms with Gasteiger partial charge in [0.05, 0.1) is 17.4 Å². The number of nitrogens with one attached hydrogen (secondary N) is 1. The largest absolute Gasteiger partial charge is 0.370 e. The lowest BCUT2D eigenvalue weighted by molar-refractivity contribution is 0.0956. The number of H-pyrrole nitrogens is 1. The van der Waals surface area contributed by atoms with Crippen molar-refractivity contribution in [1.29, 1.82) is 10.5 Å². The quantitative estimate of drug-likeness (QED) is 0.870. The van der Waals surface area contributed by atoms with Crippen molar-refractivity contribution < 1.29 is 0 Å². The summed E-state index contributed by atoms with van der Waals surface area (Å²) in [5, 5.41) is 19.3. The number of pyridine rings is 2. The zero-order valence-corrected chi connectivity index (χ0v) is 13.3. The number of aromatic nitrogens is 2. The maximum absolute atomic E-state index is 12.3. The molecular weight excluding hydrogens is 302 g/mol. The highest BCUT2D eigenvalue weighted by atomic mass is 16.1. The van der Waals surface area contributed by atoms with Crippen molar-refractivity contribution >= 4 is 16.6 Å². The molecule has 1 spiro atoms. The van der Waals surface area contributed by atoms with Crippen molar-refractivity contribution in [3.63, 3.8) is 0 Å². The van der Waals surface area contributed by atoms with E-state index < -0.39 is 5.56 Å². The molecule has 120 valence electrons. The summed E-state index contributed by atoms with van der Waals surface area (Å²) in [7, 11) is 0. The van der Waals surface area contributed by atoms with Crippen LogP contribution in [0.1, 0.15) is 43.4 Å². The van der Waals surface area contributed by atoms with E-state index in [-0.39, 0.29) is 11.3 Å². The van der Waals surface area contributed by atoms with Crippen LogP contribution in [0.2, 0.25) is 0 Å². The second-order valence-corrected chi connectivity index (χ2v) is 6.86. The Bertz CT molecular complexity index is 948. The number of fused-ring (bicyclic) bond motifs is 1. The summed E-state index contributed by atoms with van der Waals surface area (Å²) in [6.45, 7) is 1.69. The van der Waals surface area contributed by atoms with Gasteiger partial charge in [0.15, 0.2) is 0 Å². The molecule has 3 heterocycles. The van der Waals surface area contributed by atoms with Crippen LogP contribution in [-0.2, 0) is 0 Å². The van der Waals surface area contributed by atoms with E-state index in [2.05, 4.69) is 20.9 Å². The molecule has 1 aliphatic carbocycles. The molecule has 24 heavy (non-hydrogen) atoms. The summed E-state index contributed by atoms with van der Waals surface area (Å²) in [5.41, 5.74) is 1.73. The van der Waals surface area contributed by atoms with Gasteiger partial charge in [-0.2, -0.15) is 10.5 Å². The monoisotopic (exact) mass is 319 g/mol. The molecular formula is C18H17N5O. The first kappa shape index (κ1) is 14.7. The smallest absolute Gasteiger partial charge is 0.268 e. The van der Waals surface area contributed by atoms with Crippen LogP contribution in [0.4, 0.5) is 5.69 Å². The van der Waals surface area contributed by atoms with E-state index >= 15 is 0 Å². The maximum atomic E-state index is 12.3. The van der Waals surface area contributed by atoms with Crippen molar-refractivity contribution in [3.8, 4) is 12.1 Å². The fourth-order valence-corrected chi connectivity index (χ4v) is 4.05. The van der Waals surface area contributed by atoms with Crippen molar-refractivity contribution in [1.82, 2.24) is 9.97 Å². The van der Waals surface area contributed by atoms with E-state index in [1.54, 1.807) is 6.07 Å². The van der Waals surface area contributed by atoms with Gasteiger partial charge in [-0.15, -0.1) is 0 Å². The van der Waals surface area contributed by atoms with Crippen LogP contribution in [0.3, 0.4) is 0 Å². The van der Waals surface area contributed by atoms with Gasteiger partial charge in [-0.1, -0.05) is 6.42 Å². The van der Waals surface area contributed by atoms with Crippen molar-refractivity contribution in [3.05, 3.63) is 33.9 Å². The number of hydrogen-bond donors (Lipinski definition) is 1. The SMILES string of the molecule is N#Cc1cc2c(N3CCC4(CCC4)CC3)c(C#N)c(=O)[nH]c2cn1. The first-order valence-corrected chi connectivity index (χ1v) is 8.27.